The summed E-state index contributed by atoms with van der Waals surface area (Å²) in [5.41, 5.74) is 0.641. The summed E-state index contributed by atoms with van der Waals surface area (Å²) in [6.45, 7) is 2.65. The van der Waals surface area contributed by atoms with Gasteiger partial charge in [0.05, 0.1) is 5.56 Å². The first-order chi connectivity index (χ1) is 5.75. The topological polar surface area (TPSA) is 33.2 Å². The smallest absolute Gasteiger partial charge is 0.255 e. The van der Waals surface area contributed by atoms with E-state index in [1.165, 1.54) is 0 Å². The lowest BCUT2D eigenvalue weighted by atomic mass is 10.2. The Bertz CT molecular complexity index is 258. The zero-order chi connectivity index (χ0) is 8.97. The summed E-state index contributed by atoms with van der Waals surface area (Å²) in [6, 6.07) is 3.53. The third-order valence-electron chi connectivity index (χ3n) is 1.73. The zero-order valence-corrected chi connectivity index (χ0v) is 7.32. The van der Waals surface area contributed by atoms with Crippen LogP contribution in [0, 0.1) is 0 Å². The summed E-state index contributed by atoms with van der Waals surface area (Å²) >= 11 is 0. The Balaban J connectivity index is 2.79. The second-order valence-corrected chi connectivity index (χ2v) is 2.56. The molecular weight excluding hydrogens is 152 g/mol. The molecule has 0 spiro atoms. The van der Waals surface area contributed by atoms with E-state index >= 15 is 0 Å². The summed E-state index contributed by atoms with van der Waals surface area (Å²) in [5.74, 6) is 0.0191. The highest BCUT2D eigenvalue weighted by atomic mass is 16.2. The van der Waals surface area contributed by atoms with Gasteiger partial charge < -0.3 is 4.90 Å². The van der Waals surface area contributed by atoms with Crippen LogP contribution in [0.3, 0.4) is 0 Å². The molecule has 12 heavy (non-hydrogen) atoms. The van der Waals surface area contributed by atoms with E-state index < -0.39 is 0 Å². The molecule has 0 bridgehead atoms. The van der Waals surface area contributed by atoms with Crippen LogP contribution in [-0.2, 0) is 0 Å². The molecule has 0 aliphatic rings. The molecule has 0 unspecified atom stereocenters. The fraction of sp³-hybridized carbons (Fsp3) is 0.333. The number of carbonyl (C=O) groups excluding carboxylic acids is 1. The van der Waals surface area contributed by atoms with Crippen LogP contribution in [0.25, 0.3) is 0 Å². The van der Waals surface area contributed by atoms with Crippen LogP contribution >= 0.6 is 0 Å². The first kappa shape index (κ1) is 8.71. The molecule has 64 valence electrons. The van der Waals surface area contributed by atoms with Crippen LogP contribution in [0.5, 0.6) is 0 Å². The minimum absolute atomic E-state index is 0.0191. The minimum Gasteiger partial charge on any atom is -0.342 e. The van der Waals surface area contributed by atoms with Crippen molar-refractivity contribution in [3.8, 4) is 0 Å². The van der Waals surface area contributed by atoms with Crippen LogP contribution in [0.15, 0.2) is 24.5 Å². The third-order valence-corrected chi connectivity index (χ3v) is 1.73. The molecule has 3 heteroatoms. The van der Waals surface area contributed by atoms with Crippen molar-refractivity contribution in [2.24, 2.45) is 0 Å². The molecule has 0 saturated heterocycles. The van der Waals surface area contributed by atoms with Gasteiger partial charge in [0.2, 0.25) is 0 Å². The third kappa shape index (κ3) is 1.81. The molecule has 1 aromatic heterocycles. The molecule has 3 nitrogen and oxygen atoms in total. The van der Waals surface area contributed by atoms with Gasteiger partial charge in [-0.05, 0) is 19.1 Å². The predicted molar refractivity (Wildman–Crippen MR) is 46.9 cm³/mol. The Kier molecular flexibility index (Phi) is 2.80. The number of amides is 1. The molecule has 0 aromatic carbocycles. The van der Waals surface area contributed by atoms with E-state index in [1.807, 2.05) is 6.92 Å². The molecular formula is C9H12N2O. The second kappa shape index (κ2) is 3.85. The summed E-state index contributed by atoms with van der Waals surface area (Å²) < 4.78 is 0. The monoisotopic (exact) mass is 164 g/mol. The summed E-state index contributed by atoms with van der Waals surface area (Å²) in [6.07, 6.45) is 3.23. The molecule has 1 rings (SSSR count). The number of hydrogen-bond acceptors (Lipinski definition) is 2. The lowest BCUT2D eigenvalue weighted by Gasteiger charge is -2.13. The Morgan fingerprint density at radius 2 is 2.42 bits per heavy atom. The summed E-state index contributed by atoms with van der Waals surface area (Å²) in [7, 11) is 1.77. The van der Waals surface area contributed by atoms with Crippen molar-refractivity contribution < 1.29 is 4.79 Å². The maximum Gasteiger partial charge on any atom is 0.255 e. The highest BCUT2D eigenvalue weighted by molar-refractivity contribution is 5.93. The van der Waals surface area contributed by atoms with E-state index in [4.69, 9.17) is 0 Å². The van der Waals surface area contributed by atoms with Crippen molar-refractivity contribution in [3.63, 3.8) is 0 Å². The van der Waals surface area contributed by atoms with Crippen molar-refractivity contribution >= 4 is 5.91 Å². The van der Waals surface area contributed by atoms with Gasteiger partial charge in [-0.15, -0.1) is 0 Å². The van der Waals surface area contributed by atoms with Gasteiger partial charge in [-0.3, -0.25) is 9.78 Å². The quantitative estimate of drug-likeness (QED) is 0.657. The van der Waals surface area contributed by atoms with Crippen LogP contribution in [-0.4, -0.2) is 29.4 Å². The lowest BCUT2D eigenvalue weighted by molar-refractivity contribution is 0.0802. The molecule has 0 atom stereocenters. The Morgan fingerprint density at radius 1 is 1.67 bits per heavy atom. The minimum atomic E-state index is 0.0191. The molecule has 1 aromatic rings. The number of aromatic nitrogens is 1. The summed E-state index contributed by atoms with van der Waals surface area (Å²) in [4.78, 5) is 17.0. The van der Waals surface area contributed by atoms with E-state index in [9.17, 15) is 4.79 Å². The number of hydrogen-bond donors (Lipinski definition) is 0. The zero-order valence-electron chi connectivity index (χ0n) is 7.32. The van der Waals surface area contributed by atoms with Crippen molar-refractivity contribution in [3.05, 3.63) is 30.1 Å². The number of nitrogens with zero attached hydrogens (tertiary/aromatic N) is 2. The second-order valence-electron chi connectivity index (χ2n) is 2.56. The van der Waals surface area contributed by atoms with E-state index in [0.29, 0.717) is 12.1 Å². The molecule has 0 fully saturated rings. The SMILES string of the molecule is CCN(C)C(=O)c1cccnc1. The Hall–Kier alpha value is -1.38. The van der Waals surface area contributed by atoms with Gasteiger partial charge in [0.15, 0.2) is 0 Å². The van der Waals surface area contributed by atoms with Crippen molar-refractivity contribution in [2.75, 3.05) is 13.6 Å². The fourth-order valence-corrected chi connectivity index (χ4v) is 0.853. The predicted octanol–water partition coefficient (Wildman–Crippen LogP) is 1.17. The maximum atomic E-state index is 11.5. The molecule has 0 saturated carbocycles. The molecule has 1 heterocycles. The first-order valence-electron chi connectivity index (χ1n) is 3.91. The van der Waals surface area contributed by atoms with Gasteiger partial charge in [-0.2, -0.15) is 0 Å². The van der Waals surface area contributed by atoms with Gasteiger partial charge in [0.1, 0.15) is 0 Å². The van der Waals surface area contributed by atoms with Crippen LogP contribution < -0.4 is 0 Å². The lowest BCUT2D eigenvalue weighted by Crippen LogP contribution is -2.26. The first-order valence-corrected chi connectivity index (χ1v) is 3.91. The van der Waals surface area contributed by atoms with Gasteiger partial charge in [-0.25, -0.2) is 0 Å². The van der Waals surface area contributed by atoms with Crippen LogP contribution in [0.1, 0.15) is 17.3 Å². The molecule has 0 aliphatic carbocycles. The molecule has 0 N–H and O–H groups in total. The Morgan fingerprint density at radius 3 is 2.92 bits per heavy atom. The average Bonchev–Trinajstić information content (AvgIpc) is 2.17. The van der Waals surface area contributed by atoms with Crippen molar-refractivity contribution in [2.45, 2.75) is 6.92 Å². The maximum absolute atomic E-state index is 11.5. The van der Waals surface area contributed by atoms with E-state index in [1.54, 1.807) is 36.5 Å². The number of carbonyl (C=O) groups is 1. The van der Waals surface area contributed by atoms with Gasteiger partial charge >= 0.3 is 0 Å². The van der Waals surface area contributed by atoms with Crippen molar-refractivity contribution in [1.29, 1.82) is 0 Å². The van der Waals surface area contributed by atoms with E-state index in [2.05, 4.69) is 4.98 Å². The fourth-order valence-electron chi connectivity index (χ4n) is 0.853. The normalized spacial score (nSPS) is 9.50. The average molecular weight is 164 g/mol. The van der Waals surface area contributed by atoms with Gasteiger partial charge in [0, 0.05) is 26.0 Å². The van der Waals surface area contributed by atoms with Crippen LogP contribution in [0.4, 0.5) is 0 Å². The largest absolute Gasteiger partial charge is 0.342 e. The summed E-state index contributed by atoms with van der Waals surface area (Å²) in [5, 5.41) is 0. The number of rotatable bonds is 2. The van der Waals surface area contributed by atoms with Crippen molar-refractivity contribution in [1.82, 2.24) is 9.88 Å². The van der Waals surface area contributed by atoms with Crippen LogP contribution in [0.2, 0.25) is 0 Å². The highest BCUT2D eigenvalue weighted by Crippen LogP contribution is 1.99. The van der Waals surface area contributed by atoms with Gasteiger partial charge in [0.25, 0.3) is 5.91 Å². The molecule has 0 aliphatic heterocycles. The van der Waals surface area contributed by atoms with Gasteiger partial charge in [-0.1, -0.05) is 0 Å². The van der Waals surface area contributed by atoms with E-state index in [0.717, 1.165) is 0 Å². The standard InChI is InChI=1S/C9H12N2O/c1-3-11(2)9(12)8-5-4-6-10-7-8/h4-7H,3H2,1-2H3. The number of pyridine rings is 1. The molecule has 1 amide bonds. The molecule has 0 radical (unpaired) electrons. The van der Waals surface area contributed by atoms with E-state index in [-0.39, 0.29) is 5.91 Å². The highest BCUT2D eigenvalue weighted by Gasteiger charge is 2.08. The Labute approximate surface area is 72.0 Å².